The zero-order valence-electron chi connectivity index (χ0n) is 9.15. The molecule has 0 aromatic rings. The van der Waals surface area contributed by atoms with Crippen LogP contribution >= 0.6 is 0 Å². The summed E-state index contributed by atoms with van der Waals surface area (Å²) in [6, 6.07) is 0. The van der Waals surface area contributed by atoms with Gasteiger partial charge in [-0.1, -0.05) is 46.6 Å². The van der Waals surface area contributed by atoms with Crippen molar-refractivity contribution in [3.63, 3.8) is 0 Å². The number of hydrogen-bond donors (Lipinski definition) is 1. The lowest BCUT2D eigenvalue weighted by molar-refractivity contribution is -0.0274. The molecule has 3 heteroatoms. The smallest absolute Gasteiger partial charge is 0.250 e. The Morgan fingerprint density at radius 3 is 1.53 bits per heavy atom. The maximum absolute atomic E-state index is 12.2. The summed E-state index contributed by atoms with van der Waals surface area (Å²) in [7, 11) is 0. The highest BCUT2D eigenvalue weighted by Gasteiger charge is 2.30. The number of allylic oxidation sites excluding steroid dienone is 2. The van der Waals surface area contributed by atoms with E-state index >= 15 is 0 Å². The number of hydrogen-bond acceptors (Lipinski definition) is 1. The van der Waals surface area contributed by atoms with Crippen LogP contribution in [0.2, 0.25) is 0 Å². The molecule has 1 rings (SSSR count). The lowest BCUT2D eigenvalue weighted by atomic mass is 10.1. The van der Waals surface area contributed by atoms with Crippen LogP contribution in [0.1, 0.15) is 34.1 Å². The summed E-state index contributed by atoms with van der Waals surface area (Å²) in [5, 5.41) is 2.86. The zero-order chi connectivity index (χ0) is 11.4. The third kappa shape index (κ3) is 16.0. The van der Waals surface area contributed by atoms with Crippen molar-refractivity contribution in [1.29, 1.82) is 0 Å². The highest BCUT2D eigenvalue weighted by molar-refractivity contribution is 4.88. The standard InChI is InChI=1S/C5H9F2N.C4H6.C2H6.CH4/c6-5(7)1-3-8-4-2-5;1-3-4-2;1-2;/h8H,1-4H2;3-4H,1-2H2;1-2H3;1H4. The summed E-state index contributed by atoms with van der Waals surface area (Å²) in [5.74, 6) is -2.38. The van der Waals surface area contributed by atoms with Crippen molar-refractivity contribution in [3.8, 4) is 0 Å². The van der Waals surface area contributed by atoms with Crippen molar-refractivity contribution >= 4 is 0 Å². The fraction of sp³-hybridized carbons (Fsp3) is 0.667. The van der Waals surface area contributed by atoms with Gasteiger partial charge >= 0.3 is 0 Å². The second-order valence-electron chi connectivity index (χ2n) is 2.58. The van der Waals surface area contributed by atoms with Gasteiger partial charge in [-0.3, -0.25) is 0 Å². The van der Waals surface area contributed by atoms with Crippen molar-refractivity contribution in [1.82, 2.24) is 5.32 Å². The molecule has 1 saturated heterocycles. The van der Waals surface area contributed by atoms with Crippen LogP contribution in [0.3, 0.4) is 0 Å². The summed E-state index contributed by atoms with van der Waals surface area (Å²) in [4.78, 5) is 0. The van der Waals surface area contributed by atoms with Gasteiger partial charge in [-0.05, 0) is 0 Å². The van der Waals surface area contributed by atoms with Gasteiger partial charge in [0.2, 0.25) is 0 Å². The van der Waals surface area contributed by atoms with Gasteiger partial charge in [0.25, 0.3) is 5.92 Å². The quantitative estimate of drug-likeness (QED) is 0.659. The highest BCUT2D eigenvalue weighted by Crippen LogP contribution is 2.23. The molecular formula is C12H25F2N. The molecule has 1 fully saturated rings. The molecule has 0 saturated carbocycles. The minimum Gasteiger partial charge on any atom is -0.316 e. The molecule has 1 heterocycles. The molecule has 0 radical (unpaired) electrons. The molecule has 0 aliphatic carbocycles. The molecule has 0 aromatic heterocycles. The van der Waals surface area contributed by atoms with Gasteiger partial charge < -0.3 is 5.32 Å². The van der Waals surface area contributed by atoms with Gasteiger partial charge in [0, 0.05) is 25.9 Å². The molecule has 1 aliphatic heterocycles. The molecule has 15 heavy (non-hydrogen) atoms. The lowest BCUT2D eigenvalue weighted by Gasteiger charge is -2.21. The molecular weight excluding hydrogens is 196 g/mol. The van der Waals surface area contributed by atoms with Crippen molar-refractivity contribution in [2.75, 3.05) is 13.1 Å². The van der Waals surface area contributed by atoms with Crippen LogP contribution in [0.15, 0.2) is 25.3 Å². The number of nitrogens with one attached hydrogen (secondary N) is 1. The van der Waals surface area contributed by atoms with Crippen LogP contribution < -0.4 is 5.32 Å². The van der Waals surface area contributed by atoms with Crippen LogP contribution in [-0.4, -0.2) is 19.0 Å². The van der Waals surface area contributed by atoms with E-state index in [0.717, 1.165) is 0 Å². The monoisotopic (exact) mass is 221 g/mol. The normalized spacial score (nSPS) is 16.5. The molecule has 1 aliphatic rings. The summed E-state index contributed by atoms with van der Waals surface area (Å²) in [5.41, 5.74) is 0. The number of rotatable bonds is 1. The Labute approximate surface area is 93.3 Å². The summed E-state index contributed by atoms with van der Waals surface area (Å²) in [6.07, 6.45) is 3.29. The second-order valence-corrected chi connectivity index (χ2v) is 2.58. The minimum absolute atomic E-state index is 0. The molecule has 0 unspecified atom stereocenters. The first-order valence-electron chi connectivity index (χ1n) is 4.94. The van der Waals surface area contributed by atoms with E-state index in [1.807, 2.05) is 13.8 Å². The molecule has 1 N–H and O–H groups in total. The molecule has 0 aromatic carbocycles. The Hall–Kier alpha value is -0.700. The fourth-order valence-electron chi connectivity index (χ4n) is 0.793. The third-order valence-electron chi connectivity index (χ3n) is 1.50. The predicted octanol–water partition coefficient (Wildman–Crippen LogP) is 4.03. The maximum Gasteiger partial charge on any atom is 0.250 e. The van der Waals surface area contributed by atoms with Gasteiger partial charge in [0.15, 0.2) is 0 Å². The van der Waals surface area contributed by atoms with E-state index in [9.17, 15) is 8.78 Å². The molecule has 92 valence electrons. The minimum atomic E-state index is -2.38. The SMILES string of the molecule is C.C=CC=C.CC.FC1(F)CCNCC1. The summed E-state index contributed by atoms with van der Waals surface area (Å²) < 4.78 is 24.3. The van der Waals surface area contributed by atoms with Gasteiger partial charge in [-0.2, -0.15) is 0 Å². The van der Waals surface area contributed by atoms with Crippen molar-refractivity contribution in [3.05, 3.63) is 25.3 Å². The first kappa shape index (κ1) is 19.8. The Bertz CT molecular complexity index is 131. The van der Waals surface area contributed by atoms with E-state index in [1.165, 1.54) is 0 Å². The third-order valence-corrected chi connectivity index (χ3v) is 1.50. The Morgan fingerprint density at radius 1 is 1.07 bits per heavy atom. The maximum atomic E-state index is 12.2. The van der Waals surface area contributed by atoms with Crippen LogP contribution in [-0.2, 0) is 0 Å². The summed E-state index contributed by atoms with van der Waals surface area (Å²) in [6.45, 7) is 11.7. The predicted molar refractivity (Wildman–Crippen MR) is 65.5 cm³/mol. The Morgan fingerprint density at radius 2 is 1.40 bits per heavy atom. The van der Waals surface area contributed by atoms with Gasteiger partial charge in [0.05, 0.1) is 0 Å². The average Bonchev–Trinajstić information content (AvgIpc) is 2.21. The Kier molecular flexibility index (Phi) is 17.6. The lowest BCUT2D eigenvalue weighted by Crippen LogP contribution is -2.35. The summed E-state index contributed by atoms with van der Waals surface area (Å²) >= 11 is 0. The largest absolute Gasteiger partial charge is 0.316 e. The van der Waals surface area contributed by atoms with Crippen molar-refractivity contribution < 1.29 is 8.78 Å². The first-order valence-corrected chi connectivity index (χ1v) is 4.94. The van der Waals surface area contributed by atoms with Crippen LogP contribution in [0.4, 0.5) is 8.78 Å². The molecule has 0 bridgehead atoms. The average molecular weight is 221 g/mol. The molecule has 0 amide bonds. The molecule has 0 spiro atoms. The molecule has 0 atom stereocenters. The number of piperidine rings is 1. The van der Waals surface area contributed by atoms with Gasteiger partial charge in [-0.25, -0.2) is 8.78 Å². The van der Waals surface area contributed by atoms with E-state index in [2.05, 4.69) is 18.5 Å². The van der Waals surface area contributed by atoms with E-state index in [1.54, 1.807) is 12.2 Å². The second kappa shape index (κ2) is 13.3. The molecule has 1 nitrogen and oxygen atoms in total. The van der Waals surface area contributed by atoms with Gasteiger partial charge in [0.1, 0.15) is 0 Å². The Balaban J connectivity index is -0.000000179. The fourth-order valence-corrected chi connectivity index (χ4v) is 0.793. The van der Waals surface area contributed by atoms with Crippen molar-refractivity contribution in [2.24, 2.45) is 0 Å². The van der Waals surface area contributed by atoms with Crippen LogP contribution in [0, 0.1) is 0 Å². The van der Waals surface area contributed by atoms with E-state index < -0.39 is 5.92 Å². The van der Waals surface area contributed by atoms with Crippen LogP contribution in [0.25, 0.3) is 0 Å². The first-order chi connectivity index (χ1) is 6.62. The zero-order valence-corrected chi connectivity index (χ0v) is 9.15. The van der Waals surface area contributed by atoms with Gasteiger partial charge in [-0.15, -0.1) is 0 Å². The van der Waals surface area contributed by atoms with Crippen LogP contribution in [0.5, 0.6) is 0 Å². The highest BCUT2D eigenvalue weighted by atomic mass is 19.3. The number of alkyl halides is 2. The van der Waals surface area contributed by atoms with E-state index in [4.69, 9.17) is 0 Å². The van der Waals surface area contributed by atoms with E-state index in [0.29, 0.717) is 13.1 Å². The topological polar surface area (TPSA) is 12.0 Å². The number of halogens is 2. The van der Waals surface area contributed by atoms with Crippen molar-refractivity contribution in [2.45, 2.75) is 40.0 Å². The van der Waals surface area contributed by atoms with E-state index in [-0.39, 0.29) is 20.3 Å².